The van der Waals surface area contributed by atoms with Gasteiger partial charge in [0.15, 0.2) is 16.9 Å². The zero-order valence-corrected chi connectivity index (χ0v) is 50.7. The lowest BCUT2D eigenvalue weighted by molar-refractivity contribution is 0.589. The van der Waals surface area contributed by atoms with Crippen LogP contribution in [0.1, 0.15) is 135 Å². The van der Waals surface area contributed by atoms with Crippen LogP contribution in [0.15, 0.2) is 217 Å². The Morgan fingerprint density at radius 2 is 0.767 bits per heavy atom. The van der Waals surface area contributed by atoms with E-state index in [1.807, 2.05) is 48.5 Å². The maximum atomic E-state index is 5.71. The number of imidazole rings is 1. The van der Waals surface area contributed by atoms with Gasteiger partial charge in [-0.3, -0.25) is 4.57 Å². The fourth-order valence-corrected chi connectivity index (χ4v) is 11.2. The van der Waals surface area contributed by atoms with Crippen LogP contribution in [-0.4, -0.2) is 34.5 Å². The number of nitrogens with zero attached hydrogens (tertiary/aromatic N) is 7. The molecule has 86 heavy (non-hydrogen) atoms. The van der Waals surface area contributed by atoms with Crippen LogP contribution in [0, 0.1) is 0 Å². The van der Waals surface area contributed by atoms with Crippen molar-refractivity contribution in [1.29, 1.82) is 0 Å². The van der Waals surface area contributed by atoms with Gasteiger partial charge in [-0.25, -0.2) is 24.9 Å². The van der Waals surface area contributed by atoms with Gasteiger partial charge in [0.2, 0.25) is 5.89 Å². The summed E-state index contributed by atoms with van der Waals surface area (Å²) in [6, 6.07) is 69.3. The van der Waals surface area contributed by atoms with E-state index in [-0.39, 0.29) is 51.4 Å². The maximum absolute atomic E-state index is 5.71. The molecule has 0 saturated heterocycles. The van der Waals surface area contributed by atoms with Crippen LogP contribution in [0.3, 0.4) is 0 Å². The Morgan fingerprint density at radius 3 is 1.27 bits per heavy atom. The quantitative estimate of drug-likeness (QED) is 0.169. The van der Waals surface area contributed by atoms with Gasteiger partial charge in [-0.1, -0.05) is 240 Å². The molecule has 0 atom stereocenters. The van der Waals surface area contributed by atoms with E-state index in [1.54, 1.807) is 35.1 Å². The summed E-state index contributed by atoms with van der Waals surface area (Å²) in [5.41, 5.74) is 17.1. The molecule has 444 valence electrons. The molecule has 8 nitrogen and oxygen atoms in total. The first-order chi connectivity index (χ1) is 39.2. The van der Waals surface area contributed by atoms with Gasteiger partial charge >= 0.3 is 0 Å². The molecule has 0 aliphatic heterocycles. The van der Waals surface area contributed by atoms with E-state index >= 15 is 0 Å². The maximum Gasteiger partial charge on any atom is 0.228 e. The minimum Gasteiger partial charge on any atom is -0.434 e. The van der Waals surface area contributed by atoms with Crippen LogP contribution in [0.25, 0.3) is 92.5 Å². The van der Waals surface area contributed by atoms with Crippen LogP contribution in [0.5, 0.6) is 0 Å². The topological polar surface area (TPSA) is 95.4 Å². The zero-order valence-electron chi connectivity index (χ0n) is 49.1. The first-order valence-corrected chi connectivity index (χ1v) is 29.5. The van der Waals surface area contributed by atoms with E-state index in [0.29, 0.717) is 11.5 Å². The molecule has 0 amide bonds. The second-order valence-corrected chi connectivity index (χ2v) is 26.6. The number of benzene rings is 7. The first kappa shape index (κ1) is 66.7. The lowest BCUT2D eigenvalue weighted by atomic mass is 9.86. The Morgan fingerprint density at radius 1 is 0.349 bits per heavy atom. The van der Waals surface area contributed by atoms with E-state index in [2.05, 4.69) is 259 Å². The van der Waals surface area contributed by atoms with Gasteiger partial charge in [0.25, 0.3) is 0 Å². The summed E-state index contributed by atoms with van der Waals surface area (Å²) < 4.78 is 10.3. The number of para-hydroxylation sites is 4. The molecule has 0 fully saturated rings. The lowest BCUT2D eigenvalue weighted by Crippen LogP contribution is -2.10. The van der Waals surface area contributed by atoms with Gasteiger partial charge in [-0.05, 0) is 117 Å². The SMILES string of the molecule is C.C.C.C.CC(C)(C)c1ccc(-c2nc3ccccc3n2-c2ccccc2)cc1.CC(C)(C)c1ccc(-c2nc3ccccc3s2)cc1.CC(C)(C)c1ccc(-c2nc3ncccc3o2)cc1.CC(C)(C)c1ccc(-c2nc3ncccc3s2)cc1. The number of aromatic nitrogens is 7. The third kappa shape index (κ3) is 15.7. The summed E-state index contributed by atoms with van der Waals surface area (Å²) >= 11 is 3.44. The number of hydrogen-bond donors (Lipinski definition) is 0. The van der Waals surface area contributed by atoms with Crippen molar-refractivity contribution in [3.8, 4) is 49.7 Å². The highest BCUT2D eigenvalue weighted by atomic mass is 32.1. The van der Waals surface area contributed by atoms with Crippen LogP contribution >= 0.6 is 22.7 Å². The van der Waals surface area contributed by atoms with Crippen molar-refractivity contribution < 1.29 is 4.42 Å². The van der Waals surface area contributed by atoms with Crippen LogP contribution in [0.2, 0.25) is 0 Å². The molecule has 0 radical (unpaired) electrons. The molecule has 13 rings (SSSR count). The second-order valence-electron chi connectivity index (χ2n) is 24.6. The molecule has 0 N–H and O–H groups in total. The van der Waals surface area contributed by atoms with Crippen LogP contribution < -0.4 is 0 Å². The first-order valence-electron chi connectivity index (χ1n) is 27.9. The van der Waals surface area contributed by atoms with Crippen LogP contribution in [-0.2, 0) is 21.7 Å². The number of fused-ring (bicyclic) bond motifs is 4. The van der Waals surface area contributed by atoms with Gasteiger partial charge in [0.1, 0.15) is 15.8 Å². The van der Waals surface area contributed by atoms with E-state index in [4.69, 9.17) is 14.4 Å². The summed E-state index contributed by atoms with van der Waals surface area (Å²) in [4.78, 5) is 27.0. The molecule has 0 unspecified atom stereocenters. The molecule has 0 bridgehead atoms. The van der Waals surface area contributed by atoms with Gasteiger partial charge in [-0.15, -0.1) is 22.7 Å². The molecule has 0 saturated carbocycles. The Labute approximate surface area is 520 Å². The van der Waals surface area contributed by atoms with E-state index < -0.39 is 0 Å². The smallest absolute Gasteiger partial charge is 0.228 e. The van der Waals surface area contributed by atoms with Crippen molar-refractivity contribution in [1.82, 2.24) is 34.5 Å². The van der Waals surface area contributed by atoms with Crippen molar-refractivity contribution in [2.45, 2.75) is 134 Å². The fourth-order valence-electron chi connectivity index (χ4n) is 9.30. The Kier molecular flexibility index (Phi) is 21.5. The van der Waals surface area contributed by atoms with Crippen molar-refractivity contribution in [3.05, 3.63) is 235 Å². The third-order valence-corrected chi connectivity index (χ3v) is 16.3. The lowest BCUT2D eigenvalue weighted by Gasteiger charge is -2.19. The van der Waals surface area contributed by atoms with Gasteiger partial charge in [-0.2, -0.15) is 4.98 Å². The summed E-state index contributed by atoms with van der Waals surface area (Å²) in [7, 11) is 0. The molecule has 0 spiro atoms. The Hall–Kier alpha value is -8.44. The standard InChI is InChI=1S/C23H22N2.C17H17NS.C16H16N2O.C16H16N2S.4CH4/c1-23(2,3)18-15-13-17(14-16-18)22-24-20-11-7-8-12-21(20)25(22)19-9-5-4-6-10-19;1-17(2,3)13-10-8-12(9-11-13)16-18-14-6-4-5-7-15(14)19-16;2*1-16(2,3)12-8-6-11(7-9-12)15-18-14-13(19-15)5-4-10-17-14;;;;/h4-16H,1-3H3;4-11H,1-3H3;2*4-10H,1-3H3;4*1H4. The third-order valence-electron chi connectivity index (χ3n) is 14.2. The highest BCUT2D eigenvalue weighted by Gasteiger charge is 2.19. The largest absolute Gasteiger partial charge is 0.434 e. The molecular weight excluding hydrogens is 1090 g/mol. The Bertz CT molecular complexity index is 3820. The molecule has 0 aliphatic rings. The van der Waals surface area contributed by atoms with E-state index in [1.165, 1.54) is 32.5 Å². The summed E-state index contributed by atoms with van der Waals surface area (Å²) in [5, 5.41) is 2.14. The highest BCUT2D eigenvalue weighted by Crippen LogP contribution is 2.35. The minimum atomic E-state index is 0. The van der Waals surface area contributed by atoms with Crippen molar-refractivity contribution >= 4 is 65.5 Å². The average molecular weight is 1180 g/mol. The molecular formula is C76H87N7OS2. The van der Waals surface area contributed by atoms with E-state index in [9.17, 15) is 0 Å². The number of pyridine rings is 2. The number of thiazole rings is 2. The highest BCUT2D eigenvalue weighted by molar-refractivity contribution is 7.22. The molecule has 0 aliphatic carbocycles. The number of oxazole rings is 1. The van der Waals surface area contributed by atoms with Crippen molar-refractivity contribution in [2.24, 2.45) is 0 Å². The monoisotopic (exact) mass is 1180 g/mol. The molecule has 7 aromatic carbocycles. The van der Waals surface area contributed by atoms with Gasteiger partial charge in [0, 0.05) is 40.3 Å². The zero-order chi connectivity index (χ0) is 57.8. The van der Waals surface area contributed by atoms with Crippen molar-refractivity contribution in [3.63, 3.8) is 0 Å². The molecule has 6 heterocycles. The van der Waals surface area contributed by atoms with Crippen molar-refractivity contribution in [2.75, 3.05) is 0 Å². The van der Waals surface area contributed by atoms with Crippen LogP contribution in [0.4, 0.5) is 0 Å². The number of hydrogen-bond acceptors (Lipinski definition) is 9. The molecule has 13 aromatic rings. The predicted molar refractivity (Wildman–Crippen MR) is 373 cm³/mol. The Balaban J connectivity index is 0.000000182. The average Bonchev–Trinajstić information content (AvgIpc) is 2.58. The van der Waals surface area contributed by atoms with Gasteiger partial charge < -0.3 is 4.42 Å². The fraction of sp³-hybridized carbons (Fsp3) is 0.263. The predicted octanol–water partition coefficient (Wildman–Crippen LogP) is 22.6. The van der Waals surface area contributed by atoms with E-state index in [0.717, 1.165) is 70.7 Å². The normalized spacial score (nSPS) is 11.3. The summed E-state index contributed by atoms with van der Waals surface area (Å²) in [5.74, 6) is 1.60. The summed E-state index contributed by atoms with van der Waals surface area (Å²) in [6.07, 6.45) is 3.51. The number of rotatable bonds is 5. The molecule has 6 aromatic heterocycles. The second kappa shape index (κ2) is 27.7. The van der Waals surface area contributed by atoms with Gasteiger partial charge in [0.05, 0.1) is 25.9 Å². The molecule has 10 heteroatoms. The summed E-state index contributed by atoms with van der Waals surface area (Å²) in [6.45, 7) is 26.7. The minimum absolute atomic E-state index is 0.